The van der Waals surface area contributed by atoms with Gasteiger partial charge in [-0.25, -0.2) is 14.4 Å². The Bertz CT molecular complexity index is 1230. The van der Waals surface area contributed by atoms with E-state index in [0.29, 0.717) is 17.4 Å². The topological polar surface area (TPSA) is 108 Å². The van der Waals surface area contributed by atoms with Crippen LogP contribution < -0.4 is 10.6 Å². The number of nitrogens with zero attached hydrogens (tertiary/aromatic N) is 4. The minimum atomic E-state index is -0.624. The van der Waals surface area contributed by atoms with Crippen LogP contribution in [0.1, 0.15) is 41.6 Å². The van der Waals surface area contributed by atoms with Crippen molar-refractivity contribution in [2.45, 2.75) is 25.7 Å². The summed E-state index contributed by atoms with van der Waals surface area (Å²) < 4.78 is 14.3. The van der Waals surface area contributed by atoms with Crippen LogP contribution >= 0.6 is 0 Å². The first-order valence-electron chi connectivity index (χ1n) is 10.5. The van der Waals surface area contributed by atoms with Crippen molar-refractivity contribution in [1.82, 2.24) is 30.5 Å². The van der Waals surface area contributed by atoms with E-state index in [-0.39, 0.29) is 11.5 Å². The fraction of sp³-hybridized carbons (Fsp3) is 0.261. The number of halogens is 1. The lowest BCUT2D eigenvalue weighted by molar-refractivity contribution is 0.0961. The van der Waals surface area contributed by atoms with Crippen LogP contribution in [0.4, 0.5) is 10.2 Å². The van der Waals surface area contributed by atoms with E-state index in [1.165, 1.54) is 13.4 Å². The zero-order chi connectivity index (χ0) is 22.5. The number of nitrogens with one attached hydrogen (secondary N) is 3. The zero-order valence-electron chi connectivity index (χ0n) is 17.9. The number of para-hydroxylation sites is 1. The largest absolute Gasteiger partial charge is 0.370 e. The van der Waals surface area contributed by atoms with Gasteiger partial charge in [0.25, 0.3) is 5.91 Å². The van der Waals surface area contributed by atoms with Crippen LogP contribution in [-0.2, 0) is 0 Å². The lowest BCUT2D eigenvalue weighted by atomic mass is 9.90. The summed E-state index contributed by atoms with van der Waals surface area (Å²) >= 11 is 0. The molecule has 3 aromatic heterocycles. The van der Waals surface area contributed by atoms with Crippen LogP contribution in [0.15, 0.2) is 49.2 Å². The number of amides is 1. The van der Waals surface area contributed by atoms with E-state index in [1.54, 1.807) is 18.5 Å². The maximum absolute atomic E-state index is 14.3. The van der Waals surface area contributed by atoms with Crippen LogP contribution in [0.3, 0.4) is 0 Å². The first kappa shape index (κ1) is 21.4. The number of carbonyl (C=O) groups excluding carboxylic acids is 1. The molecule has 0 aliphatic heterocycles. The van der Waals surface area contributed by atoms with E-state index in [2.05, 4.69) is 42.7 Å². The highest BCUT2D eigenvalue weighted by atomic mass is 19.1. The lowest BCUT2D eigenvalue weighted by Crippen LogP contribution is -2.20. The number of pyridine rings is 1. The van der Waals surface area contributed by atoms with Crippen molar-refractivity contribution >= 4 is 22.6 Å². The van der Waals surface area contributed by atoms with Crippen molar-refractivity contribution in [2.24, 2.45) is 0 Å². The fourth-order valence-electron chi connectivity index (χ4n) is 3.86. The number of rotatable bonds is 8. The molecule has 32 heavy (non-hydrogen) atoms. The molecular weight excluding hydrogens is 409 g/mol. The van der Waals surface area contributed by atoms with Crippen LogP contribution in [-0.4, -0.2) is 44.6 Å². The number of aromatic nitrogens is 5. The molecule has 3 N–H and O–H groups in total. The molecule has 0 aliphatic rings. The molecule has 0 fully saturated rings. The van der Waals surface area contributed by atoms with Gasteiger partial charge in [0.1, 0.15) is 12.1 Å². The van der Waals surface area contributed by atoms with Crippen LogP contribution in [0.5, 0.6) is 0 Å². The fourth-order valence-corrected chi connectivity index (χ4v) is 3.86. The highest BCUT2D eigenvalue weighted by Gasteiger charge is 2.20. The second kappa shape index (κ2) is 9.51. The number of hydrogen-bond acceptors (Lipinski definition) is 6. The minimum Gasteiger partial charge on any atom is -0.370 e. The first-order valence-corrected chi connectivity index (χ1v) is 10.5. The molecule has 164 valence electrons. The Hall–Kier alpha value is -3.88. The average molecular weight is 433 g/mol. The van der Waals surface area contributed by atoms with Crippen molar-refractivity contribution in [2.75, 3.05) is 18.9 Å². The summed E-state index contributed by atoms with van der Waals surface area (Å²) in [6.07, 6.45) is 7.82. The van der Waals surface area contributed by atoms with Crippen molar-refractivity contribution in [3.8, 4) is 11.3 Å². The molecule has 1 atom stereocenters. The highest BCUT2D eigenvalue weighted by molar-refractivity contribution is 6.06. The van der Waals surface area contributed by atoms with Gasteiger partial charge in [-0.2, -0.15) is 5.10 Å². The first-order chi connectivity index (χ1) is 15.6. The average Bonchev–Trinajstić information content (AvgIpc) is 3.36. The van der Waals surface area contributed by atoms with Gasteiger partial charge in [-0.15, -0.1) is 0 Å². The molecule has 9 heteroatoms. The third-order valence-electron chi connectivity index (χ3n) is 5.53. The second-order valence-electron chi connectivity index (χ2n) is 7.40. The maximum Gasteiger partial charge on any atom is 0.254 e. The number of hydrogen-bond donors (Lipinski definition) is 3. The predicted octanol–water partition coefficient (Wildman–Crippen LogP) is 3.91. The van der Waals surface area contributed by atoms with Crippen LogP contribution in [0.2, 0.25) is 0 Å². The van der Waals surface area contributed by atoms with Crippen LogP contribution in [0, 0.1) is 5.82 Å². The van der Waals surface area contributed by atoms with Gasteiger partial charge in [0, 0.05) is 36.8 Å². The molecule has 0 bridgehead atoms. The van der Waals surface area contributed by atoms with Gasteiger partial charge in [-0.1, -0.05) is 25.1 Å². The molecule has 0 saturated heterocycles. The number of H-pyrrole nitrogens is 1. The Morgan fingerprint density at radius 3 is 2.84 bits per heavy atom. The van der Waals surface area contributed by atoms with Gasteiger partial charge < -0.3 is 10.6 Å². The monoisotopic (exact) mass is 433 g/mol. The number of benzene rings is 1. The Kier molecular flexibility index (Phi) is 6.34. The summed E-state index contributed by atoms with van der Waals surface area (Å²) in [5.74, 6) is -0.178. The van der Waals surface area contributed by atoms with Crippen molar-refractivity contribution in [3.63, 3.8) is 0 Å². The summed E-state index contributed by atoms with van der Waals surface area (Å²) in [6, 6.07) is 7.46. The summed E-state index contributed by atoms with van der Waals surface area (Å²) in [5, 5.41) is 13.1. The minimum absolute atomic E-state index is 0.0279. The van der Waals surface area contributed by atoms with Crippen molar-refractivity contribution < 1.29 is 9.18 Å². The van der Waals surface area contributed by atoms with E-state index >= 15 is 0 Å². The van der Waals surface area contributed by atoms with Gasteiger partial charge in [0.2, 0.25) is 0 Å². The third-order valence-corrected chi connectivity index (χ3v) is 5.53. The van der Waals surface area contributed by atoms with Gasteiger partial charge in [0.15, 0.2) is 5.82 Å². The summed E-state index contributed by atoms with van der Waals surface area (Å²) in [4.78, 5) is 25.1. The third kappa shape index (κ3) is 4.27. The van der Waals surface area contributed by atoms with Crippen molar-refractivity contribution in [1.29, 1.82) is 0 Å². The molecule has 4 rings (SSSR count). The molecule has 3 heterocycles. The van der Waals surface area contributed by atoms with E-state index < -0.39 is 11.7 Å². The number of carbonyl (C=O) groups is 1. The molecule has 0 spiro atoms. The zero-order valence-corrected chi connectivity index (χ0v) is 17.9. The van der Waals surface area contributed by atoms with E-state index in [0.717, 1.165) is 41.7 Å². The smallest absolute Gasteiger partial charge is 0.254 e. The molecule has 8 nitrogen and oxygen atoms in total. The van der Waals surface area contributed by atoms with Gasteiger partial charge in [0.05, 0.1) is 29.2 Å². The number of anilines is 1. The Morgan fingerprint density at radius 2 is 2.09 bits per heavy atom. The number of fused-ring (bicyclic) bond motifs is 1. The molecule has 1 unspecified atom stereocenters. The molecule has 0 saturated carbocycles. The molecule has 4 aromatic rings. The van der Waals surface area contributed by atoms with E-state index in [9.17, 15) is 9.18 Å². The van der Waals surface area contributed by atoms with Crippen molar-refractivity contribution in [3.05, 3.63) is 66.1 Å². The standard InChI is InChI=1S/C23H24FN7O/c1-3-14(7-8-26-20-9-19(28-13-29-20)15-10-30-31-11-15)16-5-4-6-17-21(23(32)25-2)18(24)12-27-22(16)17/h4-6,9-14H,3,7-8H2,1-2H3,(H,25,32)(H,30,31)(H,26,28,29). The molecule has 0 aliphatic carbocycles. The van der Waals surface area contributed by atoms with Gasteiger partial charge in [-0.05, 0) is 24.3 Å². The Labute approximate surface area is 184 Å². The molecule has 1 aromatic carbocycles. The quantitative estimate of drug-likeness (QED) is 0.389. The predicted molar refractivity (Wildman–Crippen MR) is 121 cm³/mol. The lowest BCUT2D eigenvalue weighted by Gasteiger charge is -2.18. The van der Waals surface area contributed by atoms with Gasteiger partial charge in [-0.3, -0.25) is 14.9 Å². The summed E-state index contributed by atoms with van der Waals surface area (Å²) in [7, 11) is 1.49. The summed E-state index contributed by atoms with van der Waals surface area (Å²) in [5.41, 5.74) is 3.36. The molecule has 0 radical (unpaired) electrons. The SMILES string of the molecule is CCC(CCNc1cc(-c2cn[nH]c2)ncn1)c1cccc2c(C(=O)NC)c(F)cnc12. The summed E-state index contributed by atoms with van der Waals surface area (Å²) in [6.45, 7) is 2.79. The second-order valence-corrected chi connectivity index (χ2v) is 7.40. The highest BCUT2D eigenvalue weighted by Crippen LogP contribution is 2.31. The maximum atomic E-state index is 14.3. The van der Waals surface area contributed by atoms with E-state index in [4.69, 9.17) is 0 Å². The van der Waals surface area contributed by atoms with Crippen LogP contribution in [0.25, 0.3) is 22.2 Å². The Balaban J connectivity index is 1.54. The number of aromatic amines is 1. The normalized spacial score (nSPS) is 12.0. The van der Waals surface area contributed by atoms with E-state index in [1.807, 2.05) is 18.2 Å². The van der Waals surface area contributed by atoms with Gasteiger partial charge >= 0.3 is 0 Å². The molecule has 1 amide bonds. The molecular formula is C23H24FN7O. The Morgan fingerprint density at radius 1 is 1.22 bits per heavy atom.